The summed E-state index contributed by atoms with van der Waals surface area (Å²) in [6.07, 6.45) is 3.15. The van der Waals surface area contributed by atoms with Crippen molar-refractivity contribution in [2.45, 2.75) is 45.4 Å². The van der Waals surface area contributed by atoms with E-state index in [9.17, 15) is 0 Å². The van der Waals surface area contributed by atoms with Crippen LogP contribution < -0.4 is 4.74 Å². The quantitative estimate of drug-likeness (QED) is 0.692. The van der Waals surface area contributed by atoms with Crippen LogP contribution >= 0.6 is 0 Å². The van der Waals surface area contributed by atoms with E-state index in [2.05, 4.69) is 45.0 Å². The highest BCUT2D eigenvalue weighted by atomic mass is 16.5. The number of ether oxygens (including phenoxy) is 1. The molecule has 20 heavy (non-hydrogen) atoms. The Kier molecular flexibility index (Phi) is 3.25. The Morgan fingerprint density at radius 1 is 0.950 bits per heavy atom. The third-order valence-corrected chi connectivity index (χ3v) is 3.75. The van der Waals surface area contributed by atoms with Gasteiger partial charge in [0.15, 0.2) is 0 Å². The molecule has 2 heterocycles. The van der Waals surface area contributed by atoms with Crippen molar-refractivity contribution in [2.24, 2.45) is 0 Å². The molecule has 0 bridgehead atoms. The van der Waals surface area contributed by atoms with Crippen LogP contribution in [0.2, 0.25) is 0 Å². The molecule has 0 unspecified atom stereocenters. The van der Waals surface area contributed by atoms with E-state index in [0.29, 0.717) is 0 Å². The van der Waals surface area contributed by atoms with Crippen molar-refractivity contribution in [2.75, 3.05) is 0 Å². The van der Waals surface area contributed by atoms with Crippen LogP contribution in [0.15, 0.2) is 36.4 Å². The van der Waals surface area contributed by atoms with Crippen molar-refractivity contribution in [3.63, 3.8) is 0 Å². The number of aryl methyl sites for hydroxylation is 2. The van der Waals surface area contributed by atoms with Crippen molar-refractivity contribution in [1.82, 2.24) is 4.98 Å². The highest BCUT2D eigenvalue weighted by Gasteiger charge is 2.19. The molecule has 1 aliphatic heterocycles. The molecule has 0 spiro atoms. The second kappa shape index (κ2) is 4.93. The molecule has 0 aliphatic carbocycles. The Morgan fingerprint density at radius 2 is 1.75 bits per heavy atom. The van der Waals surface area contributed by atoms with Crippen LogP contribution in [-0.4, -0.2) is 4.98 Å². The number of benzene rings is 1. The lowest BCUT2D eigenvalue weighted by molar-refractivity contribution is 0.453. The van der Waals surface area contributed by atoms with Crippen LogP contribution in [0, 0.1) is 0 Å². The zero-order valence-corrected chi connectivity index (χ0v) is 12.4. The molecule has 1 aliphatic rings. The summed E-state index contributed by atoms with van der Waals surface area (Å²) in [6.45, 7) is 6.59. The summed E-state index contributed by atoms with van der Waals surface area (Å²) in [4.78, 5) is 4.83. The van der Waals surface area contributed by atoms with Crippen molar-refractivity contribution >= 4 is 0 Å². The molecule has 1 aromatic heterocycles. The fraction of sp³-hybridized carbons (Fsp3) is 0.389. The second-order valence-corrected chi connectivity index (χ2v) is 6.45. The first kappa shape index (κ1) is 13.2. The summed E-state index contributed by atoms with van der Waals surface area (Å²) in [5.74, 6) is 1.88. The van der Waals surface area contributed by atoms with Gasteiger partial charge in [0.25, 0.3) is 0 Å². The SMILES string of the molecule is CC(C)(C)c1ccc2c(n1)CCCc1ccccc1O2. The molecule has 2 aromatic rings. The summed E-state index contributed by atoms with van der Waals surface area (Å²) in [6, 6.07) is 12.5. The highest BCUT2D eigenvalue weighted by Crippen LogP contribution is 2.33. The van der Waals surface area contributed by atoms with E-state index < -0.39 is 0 Å². The molecule has 0 saturated carbocycles. The Morgan fingerprint density at radius 3 is 2.55 bits per heavy atom. The normalized spacial score (nSPS) is 14.6. The number of para-hydroxylation sites is 1. The van der Waals surface area contributed by atoms with E-state index in [1.165, 1.54) is 5.56 Å². The van der Waals surface area contributed by atoms with Crippen LogP contribution in [-0.2, 0) is 18.3 Å². The van der Waals surface area contributed by atoms with Gasteiger partial charge in [0.1, 0.15) is 11.5 Å². The zero-order valence-electron chi connectivity index (χ0n) is 12.4. The highest BCUT2D eigenvalue weighted by molar-refractivity contribution is 5.41. The Balaban J connectivity index is 2.01. The maximum absolute atomic E-state index is 6.09. The van der Waals surface area contributed by atoms with E-state index in [1.807, 2.05) is 12.1 Å². The summed E-state index contributed by atoms with van der Waals surface area (Å²) in [7, 11) is 0. The fourth-order valence-electron chi connectivity index (χ4n) is 2.55. The minimum Gasteiger partial charge on any atom is -0.455 e. The van der Waals surface area contributed by atoms with Crippen molar-refractivity contribution in [1.29, 1.82) is 0 Å². The molecule has 104 valence electrons. The Bertz CT molecular complexity index is 626. The Labute approximate surface area is 120 Å². The summed E-state index contributed by atoms with van der Waals surface area (Å²) >= 11 is 0. The standard InChI is InChI=1S/C18H21NO/c1-18(2,3)17-12-11-16-14(19-17)9-6-8-13-7-4-5-10-15(13)20-16/h4-5,7,10-12H,6,8-9H2,1-3H3. The number of hydrogen-bond donors (Lipinski definition) is 0. The molecular weight excluding hydrogens is 246 g/mol. The maximum atomic E-state index is 6.09. The molecule has 2 heteroatoms. The van der Waals surface area contributed by atoms with E-state index in [1.54, 1.807) is 0 Å². The van der Waals surface area contributed by atoms with Crippen LogP contribution in [0.25, 0.3) is 0 Å². The molecule has 0 N–H and O–H groups in total. The van der Waals surface area contributed by atoms with E-state index >= 15 is 0 Å². The molecule has 0 saturated heterocycles. The number of pyridine rings is 1. The van der Waals surface area contributed by atoms with E-state index in [-0.39, 0.29) is 5.41 Å². The smallest absolute Gasteiger partial charge is 0.148 e. The first-order chi connectivity index (χ1) is 9.54. The van der Waals surface area contributed by atoms with Gasteiger partial charge in [-0.3, -0.25) is 4.98 Å². The molecule has 2 nitrogen and oxygen atoms in total. The second-order valence-electron chi connectivity index (χ2n) is 6.45. The summed E-state index contributed by atoms with van der Waals surface area (Å²) < 4.78 is 6.09. The topological polar surface area (TPSA) is 22.1 Å². The third-order valence-electron chi connectivity index (χ3n) is 3.75. The molecule has 0 fully saturated rings. The summed E-state index contributed by atoms with van der Waals surface area (Å²) in [5, 5.41) is 0. The Hall–Kier alpha value is -1.83. The van der Waals surface area contributed by atoms with Crippen LogP contribution in [0.3, 0.4) is 0 Å². The van der Waals surface area contributed by atoms with Gasteiger partial charge >= 0.3 is 0 Å². The van der Waals surface area contributed by atoms with Crippen molar-refractivity contribution < 1.29 is 4.74 Å². The number of hydrogen-bond acceptors (Lipinski definition) is 2. The number of aromatic nitrogens is 1. The van der Waals surface area contributed by atoms with Gasteiger partial charge in [0.2, 0.25) is 0 Å². The van der Waals surface area contributed by atoms with Gasteiger partial charge in [-0.25, -0.2) is 0 Å². The molecule has 0 atom stereocenters. The fourth-order valence-corrected chi connectivity index (χ4v) is 2.55. The maximum Gasteiger partial charge on any atom is 0.148 e. The average Bonchev–Trinajstić information content (AvgIpc) is 2.37. The number of fused-ring (bicyclic) bond motifs is 2. The van der Waals surface area contributed by atoms with Gasteiger partial charge in [-0.1, -0.05) is 39.0 Å². The molecule has 0 radical (unpaired) electrons. The monoisotopic (exact) mass is 267 g/mol. The lowest BCUT2D eigenvalue weighted by Crippen LogP contribution is -2.15. The largest absolute Gasteiger partial charge is 0.455 e. The lowest BCUT2D eigenvalue weighted by Gasteiger charge is -2.22. The molecule has 0 amide bonds. The van der Waals surface area contributed by atoms with Crippen LogP contribution in [0.1, 0.15) is 44.1 Å². The summed E-state index contributed by atoms with van der Waals surface area (Å²) in [5.41, 5.74) is 3.59. The first-order valence-corrected chi connectivity index (χ1v) is 7.30. The minimum absolute atomic E-state index is 0.0787. The first-order valence-electron chi connectivity index (χ1n) is 7.30. The van der Waals surface area contributed by atoms with Crippen molar-refractivity contribution in [3.05, 3.63) is 53.3 Å². The van der Waals surface area contributed by atoms with Crippen molar-refractivity contribution in [3.8, 4) is 11.5 Å². The molecule has 3 rings (SSSR count). The van der Waals surface area contributed by atoms with Gasteiger partial charge < -0.3 is 4.74 Å². The van der Waals surface area contributed by atoms with E-state index in [4.69, 9.17) is 9.72 Å². The minimum atomic E-state index is 0.0787. The number of rotatable bonds is 0. The van der Waals surface area contributed by atoms with Gasteiger partial charge in [-0.15, -0.1) is 0 Å². The van der Waals surface area contributed by atoms with Crippen LogP contribution in [0.5, 0.6) is 11.5 Å². The molecule has 1 aromatic carbocycles. The third kappa shape index (κ3) is 2.55. The molecular formula is C18H21NO. The number of nitrogens with zero attached hydrogens (tertiary/aromatic N) is 1. The zero-order chi connectivity index (χ0) is 14.2. The average molecular weight is 267 g/mol. The van der Waals surface area contributed by atoms with Gasteiger partial charge in [-0.05, 0) is 43.0 Å². The predicted molar refractivity (Wildman–Crippen MR) is 81.5 cm³/mol. The van der Waals surface area contributed by atoms with E-state index in [0.717, 1.165) is 42.1 Å². The van der Waals surface area contributed by atoms with Crippen LogP contribution in [0.4, 0.5) is 0 Å². The van der Waals surface area contributed by atoms with Gasteiger partial charge in [0.05, 0.1) is 5.69 Å². The van der Waals surface area contributed by atoms with Gasteiger partial charge in [-0.2, -0.15) is 0 Å². The predicted octanol–water partition coefficient (Wildman–Crippen LogP) is 4.66. The van der Waals surface area contributed by atoms with Gasteiger partial charge in [0, 0.05) is 11.1 Å². The lowest BCUT2D eigenvalue weighted by atomic mass is 9.91.